The lowest BCUT2D eigenvalue weighted by atomic mass is 10.5. The average molecular weight is 265 g/mol. The Morgan fingerprint density at radius 1 is 1.31 bits per heavy atom. The lowest BCUT2D eigenvalue weighted by Crippen LogP contribution is -2.32. The molecule has 9 heteroatoms. The molecule has 0 radical (unpaired) electrons. The van der Waals surface area contributed by atoms with Crippen LogP contribution in [0.15, 0.2) is 0 Å². The van der Waals surface area contributed by atoms with Crippen LogP contribution in [0.2, 0.25) is 0 Å². The lowest BCUT2D eigenvalue weighted by molar-refractivity contribution is -0.181. The predicted molar refractivity (Wildman–Crippen MR) is 50.0 cm³/mol. The fourth-order valence-electron chi connectivity index (χ4n) is 0.636. The molecule has 0 atom stereocenters. The minimum atomic E-state index is -4.57. The summed E-state index contributed by atoms with van der Waals surface area (Å²) in [6, 6.07) is 0. The Bertz CT molecular complexity index is 288. The summed E-state index contributed by atoms with van der Waals surface area (Å²) in [4.78, 5) is 5.16. The summed E-state index contributed by atoms with van der Waals surface area (Å²) in [7, 11) is -3.90. The number of nitrogens with one attached hydrogen (secondary N) is 1. The Morgan fingerprint density at radius 2 is 1.88 bits per heavy atom. The van der Waals surface area contributed by atoms with Gasteiger partial charge in [-0.05, 0) is 13.8 Å². The molecule has 1 N–H and O–H groups in total. The van der Waals surface area contributed by atoms with Gasteiger partial charge in [0, 0.05) is 0 Å². The van der Waals surface area contributed by atoms with E-state index in [1.807, 2.05) is 0 Å². The highest BCUT2D eigenvalue weighted by Gasteiger charge is 2.28. The molecule has 0 bridgehead atoms. The van der Waals surface area contributed by atoms with Crippen LogP contribution in [0.5, 0.6) is 0 Å². The fourth-order valence-corrected chi connectivity index (χ4v) is 1.27. The highest BCUT2D eigenvalue weighted by Crippen LogP contribution is 2.13. The van der Waals surface area contributed by atoms with Crippen LogP contribution in [0.3, 0.4) is 0 Å². The van der Waals surface area contributed by atoms with Crippen molar-refractivity contribution in [1.29, 1.82) is 0 Å². The third-order valence-corrected chi connectivity index (χ3v) is 2.30. The molecule has 0 amide bonds. The zero-order chi connectivity index (χ0) is 12.8. The number of hydrogen-bond donors (Lipinski definition) is 1. The smallest absolute Gasteiger partial charge is 0.378 e. The average Bonchev–Trinajstić information content (AvgIpc) is 1.99. The maximum Gasteiger partial charge on any atom is 0.413 e. The third kappa shape index (κ3) is 10.1. The molecule has 0 saturated carbocycles. The van der Waals surface area contributed by atoms with Crippen molar-refractivity contribution in [1.82, 2.24) is 4.89 Å². The molecule has 0 unspecified atom stereocenters. The van der Waals surface area contributed by atoms with E-state index in [-0.39, 0.29) is 12.7 Å². The number of hydrogen-bond acceptors (Lipinski definition) is 4. The van der Waals surface area contributed by atoms with Crippen LogP contribution in [-0.2, 0) is 19.6 Å². The van der Waals surface area contributed by atoms with E-state index >= 15 is 0 Å². The van der Waals surface area contributed by atoms with Crippen molar-refractivity contribution in [3.05, 3.63) is 0 Å². The van der Waals surface area contributed by atoms with Crippen LogP contribution in [0.1, 0.15) is 13.8 Å². The van der Waals surface area contributed by atoms with Gasteiger partial charge in [0.1, 0.15) is 0 Å². The van der Waals surface area contributed by atoms with Crippen LogP contribution in [-0.4, -0.2) is 39.7 Å². The minimum absolute atomic E-state index is 0.109. The SMILES string of the molecule is CC(C)OCCS(=O)(=O)NOCC(F)(F)F. The highest BCUT2D eigenvalue weighted by molar-refractivity contribution is 7.89. The van der Waals surface area contributed by atoms with Gasteiger partial charge in [-0.1, -0.05) is 4.89 Å². The molecule has 0 aromatic rings. The summed E-state index contributed by atoms with van der Waals surface area (Å²) in [5.74, 6) is -0.455. The van der Waals surface area contributed by atoms with E-state index in [0.717, 1.165) is 0 Å². The van der Waals surface area contributed by atoms with Crippen molar-refractivity contribution >= 4 is 10.0 Å². The van der Waals surface area contributed by atoms with Crippen molar-refractivity contribution in [3.8, 4) is 0 Å². The third-order valence-electron chi connectivity index (χ3n) is 1.22. The molecule has 16 heavy (non-hydrogen) atoms. The van der Waals surface area contributed by atoms with Crippen molar-refractivity contribution in [2.24, 2.45) is 0 Å². The van der Waals surface area contributed by atoms with E-state index < -0.39 is 28.6 Å². The fraction of sp³-hybridized carbons (Fsp3) is 1.00. The molecule has 0 aromatic carbocycles. The normalized spacial score (nSPS) is 13.4. The number of halogens is 3. The maximum atomic E-state index is 11.6. The number of alkyl halides is 3. The minimum Gasteiger partial charge on any atom is -0.378 e. The number of ether oxygens (including phenoxy) is 1. The van der Waals surface area contributed by atoms with Crippen LogP contribution >= 0.6 is 0 Å². The molecular weight excluding hydrogens is 251 g/mol. The quantitative estimate of drug-likeness (QED) is 0.692. The van der Waals surface area contributed by atoms with Gasteiger partial charge < -0.3 is 4.74 Å². The second-order valence-corrected chi connectivity index (χ2v) is 5.03. The number of rotatable bonds is 7. The Balaban J connectivity index is 3.80. The second kappa shape index (κ2) is 6.38. The van der Waals surface area contributed by atoms with Gasteiger partial charge in [-0.15, -0.1) is 0 Å². The van der Waals surface area contributed by atoms with Gasteiger partial charge in [0.05, 0.1) is 18.5 Å². The first-order valence-electron chi connectivity index (χ1n) is 4.42. The molecule has 0 heterocycles. The molecular formula is C7H14F3NO4S. The highest BCUT2D eigenvalue weighted by atomic mass is 32.2. The van der Waals surface area contributed by atoms with E-state index in [2.05, 4.69) is 4.84 Å². The van der Waals surface area contributed by atoms with Gasteiger partial charge in [-0.3, -0.25) is 4.84 Å². The molecule has 0 rings (SSSR count). The van der Waals surface area contributed by atoms with Gasteiger partial charge in [0.2, 0.25) is 10.0 Å². The maximum absolute atomic E-state index is 11.6. The van der Waals surface area contributed by atoms with Crippen LogP contribution in [0.4, 0.5) is 13.2 Å². The molecule has 0 aliphatic carbocycles. The van der Waals surface area contributed by atoms with E-state index in [1.165, 1.54) is 4.89 Å². The zero-order valence-corrected chi connectivity index (χ0v) is 9.69. The summed E-state index contributed by atoms with van der Waals surface area (Å²) < 4.78 is 61.8. The molecule has 0 aliphatic rings. The van der Waals surface area contributed by atoms with Crippen LogP contribution in [0, 0.1) is 0 Å². The van der Waals surface area contributed by atoms with E-state index in [4.69, 9.17) is 4.74 Å². The Morgan fingerprint density at radius 3 is 2.31 bits per heavy atom. The van der Waals surface area contributed by atoms with Crippen LogP contribution < -0.4 is 4.89 Å². The number of sulfonamides is 1. The molecule has 0 saturated heterocycles. The van der Waals surface area contributed by atoms with E-state index in [9.17, 15) is 21.6 Å². The van der Waals surface area contributed by atoms with Gasteiger partial charge >= 0.3 is 6.18 Å². The Kier molecular flexibility index (Phi) is 6.23. The van der Waals surface area contributed by atoms with Crippen molar-refractivity contribution in [3.63, 3.8) is 0 Å². The van der Waals surface area contributed by atoms with Crippen LogP contribution in [0.25, 0.3) is 0 Å². The largest absolute Gasteiger partial charge is 0.413 e. The molecule has 0 fully saturated rings. The van der Waals surface area contributed by atoms with Gasteiger partial charge in [-0.25, -0.2) is 8.42 Å². The van der Waals surface area contributed by atoms with Crippen molar-refractivity contribution in [2.75, 3.05) is 19.0 Å². The zero-order valence-electron chi connectivity index (χ0n) is 8.87. The predicted octanol–water partition coefficient (Wildman–Crippen LogP) is 0.825. The van der Waals surface area contributed by atoms with Gasteiger partial charge in [0.15, 0.2) is 6.61 Å². The molecule has 0 aliphatic heterocycles. The first-order chi connectivity index (χ1) is 7.12. The first-order valence-corrected chi connectivity index (χ1v) is 6.07. The molecule has 98 valence electrons. The summed E-state index contributed by atoms with van der Waals surface area (Å²) >= 11 is 0. The van der Waals surface area contributed by atoms with Gasteiger partial charge in [0.25, 0.3) is 0 Å². The van der Waals surface area contributed by atoms with Gasteiger partial charge in [-0.2, -0.15) is 13.2 Å². The topological polar surface area (TPSA) is 64.6 Å². The lowest BCUT2D eigenvalue weighted by Gasteiger charge is -2.10. The standard InChI is InChI=1S/C7H14F3NO4S/c1-6(2)14-3-4-16(12,13)11-15-5-7(8,9)10/h6,11H,3-5H2,1-2H3. The summed E-state index contributed by atoms with van der Waals surface area (Å²) in [6.45, 7) is 1.64. The van der Waals surface area contributed by atoms with E-state index in [1.54, 1.807) is 13.8 Å². The van der Waals surface area contributed by atoms with Crippen molar-refractivity contribution in [2.45, 2.75) is 26.1 Å². The Labute approximate surface area is 91.9 Å². The second-order valence-electron chi connectivity index (χ2n) is 3.23. The van der Waals surface area contributed by atoms with E-state index in [0.29, 0.717) is 0 Å². The molecule has 0 spiro atoms. The Hall–Kier alpha value is -0.380. The summed E-state index contributed by atoms with van der Waals surface area (Å²) in [6.07, 6.45) is -4.72. The molecule has 0 aromatic heterocycles. The molecule has 5 nitrogen and oxygen atoms in total. The monoisotopic (exact) mass is 265 g/mol. The van der Waals surface area contributed by atoms with Crippen molar-refractivity contribution < 1.29 is 31.2 Å². The summed E-state index contributed by atoms with van der Waals surface area (Å²) in [5.41, 5.74) is 0. The first kappa shape index (κ1) is 15.6. The summed E-state index contributed by atoms with van der Waals surface area (Å²) in [5, 5.41) is 0.